The largest absolute Gasteiger partial charge is 0.356 e. The lowest BCUT2D eigenvalue weighted by molar-refractivity contribution is -0.384. The van der Waals surface area contributed by atoms with Crippen molar-refractivity contribution in [3.05, 3.63) is 33.6 Å². The minimum absolute atomic E-state index is 0.00300. The molecule has 1 heterocycles. The van der Waals surface area contributed by atoms with E-state index in [1.54, 1.807) is 6.07 Å². The summed E-state index contributed by atoms with van der Waals surface area (Å²) in [6.45, 7) is 5.74. The normalized spacial score (nSPS) is 10.8. The van der Waals surface area contributed by atoms with Crippen molar-refractivity contribution in [2.24, 2.45) is 0 Å². The van der Waals surface area contributed by atoms with Crippen molar-refractivity contribution in [1.29, 1.82) is 0 Å². The molecule has 6 nitrogen and oxygen atoms in total. The topological polar surface area (TPSA) is 72.2 Å². The zero-order valence-corrected chi connectivity index (χ0v) is 12.1. The fourth-order valence-electron chi connectivity index (χ4n) is 2.11. The second kappa shape index (κ2) is 6.00. The van der Waals surface area contributed by atoms with Crippen LogP contribution < -0.4 is 4.90 Å². The molecule has 0 fully saturated rings. The summed E-state index contributed by atoms with van der Waals surface area (Å²) in [5.74, 6) is 0.722. The van der Waals surface area contributed by atoms with Gasteiger partial charge in [0.05, 0.1) is 10.4 Å². The predicted molar refractivity (Wildman–Crippen MR) is 79.4 cm³/mol. The molecule has 0 saturated heterocycles. The number of hydrogen-bond donors (Lipinski definition) is 0. The highest BCUT2D eigenvalue weighted by Crippen LogP contribution is 2.28. The third-order valence-corrected chi connectivity index (χ3v) is 3.19. The Labute approximate surface area is 121 Å². The Bertz CT molecular complexity index is 648. The van der Waals surface area contributed by atoms with Crippen LogP contribution in [0.25, 0.3) is 10.9 Å². The van der Waals surface area contributed by atoms with Crippen LogP contribution in [0.3, 0.4) is 0 Å². The first-order chi connectivity index (χ1) is 9.56. The van der Waals surface area contributed by atoms with Gasteiger partial charge < -0.3 is 4.90 Å². The molecule has 0 amide bonds. The van der Waals surface area contributed by atoms with E-state index in [4.69, 9.17) is 11.6 Å². The molecule has 0 saturated carbocycles. The number of nitrogens with zero attached hydrogens (tertiary/aromatic N) is 4. The number of halogens is 1. The van der Waals surface area contributed by atoms with Crippen LogP contribution in [0.2, 0.25) is 5.28 Å². The Morgan fingerprint density at radius 1 is 1.35 bits per heavy atom. The molecule has 0 bridgehead atoms. The molecule has 0 radical (unpaired) electrons. The Kier molecular flexibility index (Phi) is 4.34. The van der Waals surface area contributed by atoms with Gasteiger partial charge in [-0.1, -0.05) is 6.92 Å². The summed E-state index contributed by atoms with van der Waals surface area (Å²) in [4.78, 5) is 20.8. The number of rotatable bonds is 5. The molecule has 0 aliphatic rings. The van der Waals surface area contributed by atoms with Gasteiger partial charge in [0.15, 0.2) is 0 Å². The summed E-state index contributed by atoms with van der Waals surface area (Å²) < 4.78 is 0. The predicted octanol–water partition coefficient (Wildman–Crippen LogP) is 3.43. The lowest BCUT2D eigenvalue weighted by Crippen LogP contribution is -2.25. The fourth-order valence-corrected chi connectivity index (χ4v) is 2.28. The average Bonchev–Trinajstić information content (AvgIpc) is 2.43. The minimum Gasteiger partial charge on any atom is -0.356 e. The van der Waals surface area contributed by atoms with E-state index in [9.17, 15) is 10.1 Å². The van der Waals surface area contributed by atoms with Gasteiger partial charge in [-0.05, 0) is 31.0 Å². The molecule has 106 valence electrons. The Morgan fingerprint density at radius 2 is 2.10 bits per heavy atom. The quantitative estimate of drug-likeness (QED) is 0.480. The van der Waals surface area contributed by atoms with Gasteiger partial charge in [-0.25, -0.2) is 4.98 Å². The minimum atomic E-state index is -0.446. The molecule has 2 rings (SSSR count). The van der Waals surface area contributed by atoms with Gasteiger partial charge >= 0.3 is 0 Å². The van der Waals surface area contributed by atoms with E-state index in [2.05, 4.69) is 21.8 Å². The van der Waals surface area contributed by atoms with Crippen LogP contribution in [-0.4, -0.2) is 28.0 Å². The number of nitro benzene ring substituents is 1. The van der Waals surface area contributed by atoms with E-state index in [1.807, 2.05) is 6.92 Å². The number of benzene rings is 1. The van der Waals surface area contributed by atoms with Crippen molar-refractivity contribution in [2.45, 2.75) is 20.3 Å². The van der Waals surface area contributed by atoms with Crippen molar-refractivity contribution in [2.75, 3.05) is 18.0 Å². The third-order valence-electron chi connectivity index (χ3n) is 3.02. The highest BCUT2D eigenvalue weighted by molar-refractivity contribution is 6.28. The summed E-state index contributed by atoms with van der Waals surface area (Å²) in [6, 6.07) is 4.56. The van der Waals surface area contributed by atoms with E-state index < -0.39 is 4.92 Å². The van der Waals surface area contributed by atoms with E-state index in [0.29, 0.717) is 5.52 Å². The van der Waals surface area contributed by atoms with Crippen molar-refractivity contribution < 1.29 is 4.92 Å². The smallest absolute Gasteiger partial charge is 0.271 e. The lowest BCUT2D eigenvalue weighted by Gasteiger charge is -2.22. The van der Waals surface area contributed by atoms with Crippen LogP contribution in [-0.2, 0) is 0 Å². The first-order valence-corrected chi connectivity index (χ1v) is 6.81. The van der Waals surface area contributed by atoms with E-state index in [0.717, 1.165) is 30.7 Å². The van der Waals surface area contributed by atoms with Gasteiger partial charge in [0.25, 0.3) is 5.69 Å². The van der Waals surface area contributed by atoms with Crippen LogP contribution in [0.5, 0.6) is 0 Å². The zero-order chi connectivity index (χ0) is 14.7. The van der Waals surface area contributed by atoms with E-state index in [-0.39, 0.29) is 11.0 Å². The second-order valence-corrected chi connectivity index (χ2v) is 4.69. The lowest BCUT2D eigenvalue weighted by atomic mass is 10.2. The standard InChI is InChI=1S/C13H15ClN4O2/c1-3-7-17(4-2)12-10-6-5-9(18(19)20)8-11(10)15-13(14)16-12/h5-6,8H,3-4,7H2,1-2H3. The molecular formula is C13H15ClN4O2. The third kappa shape index (κ3) is 2.80. The number of anilines is 1. The molecule has 0 N–H and O–H groups in total. The number of fused-ring (bicyclic) bond motifs is 1. The SMILES string of the molecule is CCCN(CC)c1nc(Cl)nc2cc([N+](=O)[O-])ccc12. The summed E-state index contributed by atoms with van der Waals surface area (Å²) in [5, 5.41) is 11.7. The molecule has 20 heavy (non-hydrogen) atoms. The summed E-state index contributed by atoms with van der Waals surface area (Å²) in [7, 11) is 0. The molecule has 1 aromatic heterocycles. The highest BCUT2D eigenvalue weighted by atomic mass is 35.5. The van der Waals surface area contributed by atoms with Gasteiger partial charge in [0.2, 0.25) is 5.28 Å². The second-order valence-electron chi connectivity index (χ2n) is 4.35. The van der Waals surface area contributed by atoms with E-state index >= 15 is 0 Å². The van der Waals surface area contributed by atoms with Crippen molar-refractivity contribution in [1.82, 2.24) is 9.97 Å². The first kappa shape index (κ1) is 14.5. The Balaban J connectivity index is 2.62. The van der Waals surface area contributed by atoms with Gasteiger partial charge in [0.1, 0.15) is 5.82 Å². The maximum absolute atomic E-state index is 10.8. The molecule has 0 aliphatic carbocycles. The average molecular weight is 295 g/mol. The highest BCUT2D eigenvalue weighted by Gasteiger charge is 2.15. The van der Waals surface area contributed by atoms with Gasteiger partial charge in [0, 0.05) is 30.6 Å². The van der Waals surface area contributed by atoms with Gasteiger partial charge in [-0.15, -0.1) is 0 Å². The Hall–Kier alpha value is -1.95. The number of nitro groups is 1. The van der Waals surface area contributed by atoms with Crippen LogP contribution in [0.4, 0.5) is 11.5 Å². The van der Waals surface area contributed by atoms with Crippen molar-refractivity contribution in [3.63, 3.8) is 0 Å². The molecule has 0 unspecified atom stereocenters. The molecule has 2 aromatic rings. The first-order valence-electron chi connectivity index (χ1n) is 6.43. The van der Waals surface area contributed by atoms with Gasteiger partial charge in [-0.3, -0.25) is 10.1 Å². The molecular weight excluding hydrogens is 280 g/mol. The van der Waals surface area contributed by atoms with Crippen molar-refractivity contribution in [3.8, 4) is 0 Å². The monoisotopic (exact) mass is 294 g/mol. The summed E-state index contributed by atoms with van der Waals surface area (Å²) in [6.07, 6.45) is 0.976. The van der Waals surface area contributed by atoms with E-state index in [1.165, 1.54) is 12.1 Å². The number of non-ortho nitro benzene ring substituents is 1. The number of hydrogen-bond acceptors (Lipinski definition) is 5. The van der Waals surface area contributed by atoms with Crippen LogP contribution in [0.15, 0.2) is 18.2 Å². The maximum atomic E-state index is 10.8. The molecule has 7 heteroatoms. The molecule has 0 spiro atoms. The number of aromatic nitrogens is 2. The van der Waals surface area contributed by atoms with Crippen LogP contribution in [0, 0.1) is 10.1 Å². The summed E-state index contributed by atoms with van der Waals surface area (Å²) in [5.41, 5.74) is 0.487. The zero-order valence-electron chi connectivity index (χ0n) is 11.3. The van der Waals surface area contributed by atoms with Crippen LogP contribution >= 0.6 is 11.6 Å². The molecule has 0 aliphatic heterocycles. The van der Waals surface area contributed by atoms with Crippen molar-refractivity contribution >= 4 is 34.0 Å². The Morgan fingerprint density at radius 3 is 2.70 bits per heavy atom. The van der Waals surface area contributed by atoms with Crippen LogP contribution in [0.1, 0.15) is 20.3 Å². The fraction of sp³-hybridized carbons (Fsp3) is 0.385. The summed E-state index contributed by atoms with van der Waals surface area (Å²) >= 11 is 5.94. The molecule has 0 atom stereocenters. The van der Waals surface area contributed by atoms with Gasteiger partial charge in [-0.2, -0.15) is 4.98 Å². The molecule has 1 aromatic carbocycles. The maximum Gasteiger partial charge on any atom is 0.271 e.